The molecule has 1 heterocycles. The molecule has 0 saturated heterocycles. The van der Waals surface area contributed by atoms with Crippen molar-refractivity contribution in [2.24, 2.45) is 0 Å². The van der Waals surface area contributed by atoms with Crippen molar-refractivity contribution >= 4 is 28.0 Å². The molecule has 0 aliphatic carbocycles. The van der Waals surface area contributed by atoms with E-state index in [0.717, 1.165) is 22.4 Å². The molecule has 0 spiro atoms. The van der Waals surface area contributed by atoms with Gasteiger partial charge in [-0.15, -0.1) is 0 Å². The Kier molecular flexibility index (Phi) is 4.15. The number of rotatable bonds is 4. The van der Waals surface area contributed by atoms with Gasteiger partial charge in [0, 0.05) is 23.1 Å². The van der Waals surface area contributed by atoms with Crippen molar-refractivity contribution in [3.05, 3.63) is 95.3 Å². The van der Waals surface area contributed by atoms with Crippen LogP contribution in [0.4, 0.5) is 17.1 Å². The first-order valence-corrected chi connectivity index (χ1v) is 8.28. The number of hydrogen-bond donors (Lipinski definition) is 0. The minimum Gasteiger partial charge on any atom is -0.496 e. The van der Waals surface area contributed by atoms with Gasteiger partial charge in [-0.2, -0.15) is 0 Å². The fourth-order valence-electron chi connectivity index (χ4n) is 3.03. The summed E-state index contributed by atoms with van der Waals surface area (Å²) in [4.78, 5) is 13.9. The van der Waals surface area contributed by atoms with E-state index in [1.54, 1.807) is 7.11 Å². The molecule has 0 N–H and O–H groups in total. The average Bonchev–Trinajstić information content (AvgIpc) is 2.69. The molecule has 0 bridgehead atoms. The minimum atomic E-state index is -0.433. The second-order valence-electron chi connectivity index (χ2n) is 5.82. The lowest BCUT2D eigenvalue weighted by molar-refractivity contribution is 0.413. The van der Waals surface area contributed by atoms with Crippen molar-refractivity contribution < 1.29 is 9.15 Å². The highest BCUT2D eigenvalue weighted by Gasteiger charge is 2.14. The number of fused-ring (bicyclic) bond motifs is 1. The predicted octanol–water partition coefficient (Wildman–Crippen LogP) is 5.27. The SMILES string of the molecule is COc1cc(=O)oc2cc(N(c3ccccc3)c3ccccc3)ccc12. The highest BCUT2D eigenvalue weighted by atomic mass is 16.5. The fourth-order valence-corrected chi connectivity index (χ4v) is 3.03. The molecular formula is C22H17NO3. The van der Waals surface area contributed by atoms with Gasteiger partial charge in [-0.1, -0.05) is 36.4 Å². The standard InChI is InChI=1S/C22H17NO3/c1-25-20-15-22(24)26-21-14-18(12-13-19(20)21)23(16-8-4-2-5-9-16)17-10-6-3-7-11-17/h2-15H,1H3. The summed E-state index contributed by atoms with van der Waals surface area (Å²) in [6.07, 6.45) is 0. The van der Waals surface area contributed by atoms with Gasteiger partial charge in [-0.3, -0.25) is 0 Å². The van der Waals surface area contributed by atoms with E-state index >= 15 is 0 Å². The molecule has 0 radical (unpaired) electrons. The van der Waals surface area contributed by atoms with E-state index in [2.05, 4.69) is 4.90 Å². The minimum absolute atomic E-state index is 0.433. The molecular weight excluding hydrogens is 326 g/mol. The van der Waals surface area contributed by atoms with Crippen LogP contribution >= 0.6 is 0 Å². The highest BCUT2D eigenvalue weighted by molar-refractivity contribution is 5.89. The van der Waals surface area contributed by atoms with E-state index in [4.69, 9.17) is 9.15 Å². The Bertz CT molecular complexity index is 1050. The molecule has 4 aromatic rings. The highest BCUT2D eigenvalue weighted by Crippen LogP contribution is 2.36. The van der Waals surface area contributed by atoms with Crippen LogP contribution in [0.2, 0.25) is 0 Å². The lowest BCUT2D eigenvalue weighted by atomic mass is 10.1. The molecule has 128 valence electrons. The molecule has 0 fully saturated rings. The molecule has 0 saturated carbocycles. The van der Waals surface area contributed by atoms with Crippen LogP contribution in [-0.2, 0) is 0 Å². The smallest absolute Gasteiger partial charge is 0.339 e. The van der Waals surface area contributed by atoms with Gasteiger partial charge in [0.25, 0.3) is 0 Å². The fraction of sp³-hybridized carbons (Fsp3) is 0.0455. The Labute approximate surface area is 150 Å². The maximum absolute atomic E-state index is 11.8. The van der Waals surface area contributed by atoms with Crippen LogP contribution in [0.5, 0.6) is 5.75 Å². The molecule has 0 aliphatic rings. The molecule has 3 aromatic carbocycles. The Morgan fingerprint density at radius 1 is 0.769 bits per heavy atom. The number of para-hydroxylation sites is 2. The normalized spacial score (nSPS) is 10.7. The summed E-state index contributed by atoms with van der Waals surface area (Å²) in [5.41, 5.74) is 2.99. The van der Waals surface area contributed by atoms with Gasteiger partial charge >= 0.3 is 5.63 Å². The largest absolute Gasteiger partial charge is 0.496 e. The van der Waals surface area contributed by atoms with Crippen LogP contribution in [0.15, 0.2) is 94.1 Å². The molecule has 0 aliphatic heterocycles. The summed E-state index contributed by atoms with van der Waals surface area (Å²) in [6, 6.07) is 27.2. The molecule has 0 amide bonds. The molecule has 0 unspecified atom stereocenters. The van der Waals surface area contributed by atoms with Crippen molar-refractivity contribution in [3.63, 3.8) is 0 Å². The summed E-state index contributed by atoms with van der Waals surface area (Å²) in [6.45, 7) is 0. The van der Waals surface area contributed by atoms with Gasteiger partial charge in [0.1, 0.15) is 11.3 Å². The molecule has 4 heteroatoms. The van der Waals surface area contributed by atoms with Gasteiger partial charge in [0.05, 0.1) is 18.6 Å². The number of nitrogens with zero attached hydrogens (tertiary/aromatic N) is 1. The van der Waals surface area contributed by atoms with Crippen molar-refractivity contribution in [2.75, 3.05) is 12.0 Å². The van der Waals surface area contributed by atoms with E-state index in [-0.39, 0.29) is 0 Å². The van der Waals surface area contributed by atoms with E-state index in [1.165, 1.54) is 6.07 Å². The summed E-state index contributed by atoms with van der Waals surface area (Å²) >= 11 is 0. The Morgan fingerprint density at radius 3 is 1.96 bits per heavy atom. The summed E-state index contributed by atoms with van der Waals surface area (Å²) in [5.74, 6) is 0.508. The molecule has 26 heavy (non-hydrogen) atoms. The summed E-state index contributed by atoms with van der Waals surface area (Å²) in [7, 11) is 1.54. The molecule has 4 rings (SSSR count). The van der Waals surface area contributed by atoms with Gasteiger partial charge < -0.3 is 14.1 Å². The topological polar surface area (TPSA) is 42.7 Å². The second-order valence-corrected chi connectivity index (χ2v) is 5.82. The monoisotopic (exact) mass is 343 g/mol. The third-order valence-corrected chi connectivity index (χ3v) is 4.20. The second kappa shape index (κ2) is 6.76. The lowest BCUT2D eigenvalue weighted by Crippen LogP contribution is -2.09. The predicted molar refractivity (Wildman–Crippen MR) is 104 cm³/mol. The van der Waals surface area contributed by atoms with Crippen molar-refractivity contribution in [2.45, 2.75) is 0 Å². The zero-order valence-corrected chi connectivity index (χ0v) is 14.3. The van der Waals surface area contributed by atoms with Crippen LogP contribution in [0.1, 0.15) is 0 Å². The number of hydrogen-bond acceptors (Lipinski definition) is 4. The van der Waals surface area contributed by atoms with E-state index in [0.29, 0.717) is 11.3 Å². The van der Waals surface area contributed by atoms with E-state index in [9.17, 15) is 4.79 Å². The van der Waals surface area contributed by atoms with Gasteiger partial charge in [-0.05, 0) is 36.4 Å². The summed E-state index contributed by atoms with van der Waals surface area (Å²) in [5, 5.41) is 0.761. The first-order chi connectivity index (χ1) is 12.8. The molecule has 4 nitrogen and oxygen atoms in total. The van der Waals surface area contributed by atoms with Crippen LogP contribution < -0.4 is 15.3 Å². The number of benzene rings is 3. The van der Waals surface area contributed by atoms with Gasteiger partial charge in [0.2, 0.25) is 0 Å². The Balaban J connectivity index is 1.93. The number of anilines is 3. The Hall–Kier alpha value is -3.53. The number of methoxy groups -OCH3 is 1. The van der Waals surface area contributed by atoms with Crippen LogP contribution in [0.3, 0.4) is 0 Å². The average molecular weight is 343 g/mol. The quantitative estimate of drug-likeness (QED) is 0.473. The first kappa shape index (κ1) is 16.0. The maximum Gasteiger partial charge on any atom is 0.339 e. The van der Waals surface area contributed by atoms with Crippen molar-refractivity contribution in [1.82, 2.24) is 0 Å². The van der Waals surface area contributed by atoms with Gasteiger partial charge in [0.15, 0.2) is 0 Å². The van der Waals surface area contributed by atoms with E-state index < -0.39 is 5.63 Å². The zero-order chi connectivity index (χ0) is 17.9. The van der Waals surface area contributed by atoms with Gasteiger partial charge in [-0.25, -0.2) is 4.79 Å². The van der Waals surface area contributed by atoms with Crippen LogP contribution in [0, 0.1) is 0 Å². The number of ether oxygens (including phenoxy) is 1. The first-order valence-electron chi connectivity index (χ1n) is 8.28. The van der Waals surface area contributed by atoms with Crippen molar-refractivity contribution in [1.29, 1.82) is 0 Å². The summed E-state index contributed by atoms with van der Waals surface area (Å²) < 4.78 is 10.7. The van der Waals surface area contributed by atoms with Crippen LogP contribution in [-0.4, -0.2) is 7.11 Å². The molecule has 1 aromatic heterocycles. The maximum atomic E-state index is 11.8. The zero-order valence-electron chi connectivity index (χ0n) is 14.3. The van der Waals surface area contributed by atoms with E-state index in [1.807, 2.05) is 78.9 Å². The Morgan fingerprint density at radius 2 is 1.38 bits per heavy atom. The third-order valence-electron chi connectivity index (χ3n) is 4.20. The third kappa shape index (κ3) is 2.93. The molecule has 0 atom stereocenters. The van der Waals surface area contributed by atoms with Crippen LogP contribution in [0.25, 0.3) is 11.0 Å². The lowest BCUT2D eigenvalue weighted by Gasteiger charge is -2.25. The van der Waals surface area contributed by atoms with Crippen molar-refractivity contribution in [3.8, 4) is 5.75 Å².